The predicted molar refractivity (Wildman–Crippen MR) is 128 cm³/mol. The number of Topliss-reactive ketones (excluding diaryl/α,β-unsaturated/α-hetero) is 2. The summed E-state index contributed by atoms with van der Waals surface area (Å²) in [6.45, 7) is 2.89. The van der Waals surface area contributed by atoms with E-state index in [0.717, 1.165) is 6.54 Å². The number of hydrogen-bond acceptors (Lipinski definition) is 7. The Morgan fingerprint density at radius 2 is 1.68 bits per heavy atom. The average Bonchev–Trinajstić information content (AvgIpc) is 3.07. The molecule has 1 fully saturated rings. The van der Waals surface area contributed by atoms with Crippen LogP contribution in [0.15, 0.2) is 36.4 Å². The maximum atomic E-state index is 13.7. The Morgan fingerprint density at radius 1 is 0.971 bits per heavy atom. The molecular formula is C26H32N2O6. The number of likely N-dealkylation sites (tertiary alicyclic amines) is 1. The topological polar surface area (TPSA) is 85.4 Å². The van der Waals surface area contributed by atoms with Crippen molar-refractivity contribution in [2.24, 2.45) is 5.92 Å². The maximum absolute atomic E-state index is 13.7. The van der Waals surface area contributed by atoms with Crippen molar-refractivity contribution in [3.63, 3.8) is 0 Å². The Morgan fingerprint density at radius 3 is 2.26 bits per heavy atom. The van der Waals surface area contributed by atoms with E-state index in [1.165, 1.54) is 19.1 Å². The van der Waals surface area contributed by atoms with Gasteiger partial charge >= 0.3 is 0 Å². The number of carbonyl (C=O) groups excluding carboxylic acids is 3. The molecule has 1 aliphatic rings. The third kappa shape index (κ3) is 4.92. The zero-order valence-corrected chi connectivity index (χ0v) is 20.6. The maximum Gasteiger partial charge on any atom is 0.291 e. The van der Waals surface area contributed by atoms with Crippen LogP contribution in [0.4, 0.5) is 0 Å². The van der Waals surface area contributed by atoms with Crippen molar-refractivity contribution >= 4 is 17.5 Å². The van der Waals surface area contributed by atoms with Gasteiger partial charge in [0.25, 0.3) is 5.91 Å². The second-order valence-electron chi connectivity index (χ2n) is 8.60. The van der Waals surface area contributed by atoms with Crippen LogP contribution in [-0.2, 0) is 9.59 Å². The van der Waals surface area contributed by atoms with Crippen LogP contribution in [0.5, 0.6) is 17.2 Å². The van der Waals surface area contributed by atoms with Crippen LogP contribution < -0.4 is 14.2 Å². The van der Waals surface area contributed by atoms with Gasteiger partial charge in [-0.3, -0.25) is 14.4 Å². The van der Waals surface area contributed by atoms with Gasteiger partial charge in [-0.05, 0) is 75.4 Å². The van der Waals surface area contributed by atoms with Gasteiger partial charge in [0.2, 0.25) is 5.78 Å². The highest BCUT2D eigenvalue weighted by Gasteiger charge is 2.51. The zero-order valence-electron chi connectivity index (χ0n) is 20.6. The summed E-state index contributed by atoms with van der Waals surface area (Å²) in [5.74, 6) is -1.26. The number of nitrogens with zero attached hydrogens (tertiary/aromatic N) is 2. The minimum atomic E-state index is -1.16. The molecule has 2 aromatic rings. The number of aryl methyl sites for hydroxylation is 1. The fraction of sp³-hybridized carbons (Fsp3) is 0.423. The first-order valence-electron chi connectivity index (χ1n) is 11.1. The molecule has 34 heavy (non-hydrogen) atoms. The molecule has 0 saturated carbocycles. The second-order valence-corrected chi connectivity index (χ2v) is 8.60. The van der Waals surface area contributed by atoms with E-state index in [9.17, 15) is 14.4 Å². The van der Waals surface area contributed by atoms with Gasteiger partial charge < -0.3 is 24.0 Å². The Bertz CT molecular complexity index is 1080. The standard InChI is InChI=1S/C26H32N2O6/c1-16-14-18(32-4)9-10-19(16)24(29)22-23(17-8-11-20(33-5)21(15-17)34-6)28(26(31)25(22)30)13-7-12-27(2)3/h8-11,14-15,22-23H,7,12-13H2,1-6H3. The molecule has 182 valence electrons. The van der Waals surface area contributed by atoms with Gasteiger partial charge in [0.05, 0.1) is 27.4 Å². The van der Waals surface area contributed by atoms with Crippen molar-refractivity contribution in [2.45, 2.75) is 19.4 Å². The molecule has 8 heteroatoms. The van der Waals surface area contributed by atoms with E-state index in [1.54, 1.807) is 50.4 Å². The average molecular weight is 469 g/mol. The lowest BCUT2D eigenvalue weighted by Crippen LogP contribution is -2.33. The van der Waals surface area contributed by atoms with E-state index in [0.29, 0.717) is 46.9 Å². The largest absolute Gasteiger partial charge is 0.497 e. The molecule has 2 atom stereocenters. The van der Waals surface area contributed by atoms with E-state index in [-0.39, 0.29) is 5.78 Å². The number of amides is 1. The molecule has 1 saturated heterocycles. The minimum absolute atomic E-state index is 0.354. The highest BCUT2D eigenvalue weighted by molar-refractivity contribution is 6.44. The lowest BCUT2D eigenvalue weighted by Gasteiger charge is -2.28. The highest BCUT2D eigenvalue weighted by Crippen LogP contribution is 2.41. The Balaban J connectivity index is 2.07. The predicted octanol–water partition coefficient (Wildman–Crippen LogP) is 2.92. The summed E-state index contributed by atoms with van der Waals surface area (Å²) >= 11 is 0. The van der Waals surface area contributed by atoms with Gasteiger partial charge in [0, 0.05) is 12.1 Å². The van der Waals surface area contributed by atoms with Gasteiger partial charge in [-0.2, -0.15) is 0 Å². The van der Waals surface area contributed by atoms with E-state index >= 15 is 0 Å². The number of hydrogen-bond donors (Lipinski definition) is 0. The number of carbonyl (C=O) groups is 3. The quantitative estimate of drug-likeness (QED) is 0.301. The first kappa shape index (κ1) is 25.2. The molecule has 2 unspecified atom stereocenters. The van der Waals surface area contributed by atoms with Crippen molar-refractivity contribution in [1.29, 1.82) is 0 Å². The van der Waals surface area contributed by atoms with Gasteiger partial charge in [-0.25, -0.2) is 0 Å². The van der Waals surface area contributed by atoms with Gasteiger partial charge in [0.1, 0.15) is 11.7 Å². The van der Waals surface area contributed by atoms with Crippen LogP contribution in [-0.4, -0.2) is 75.8 Å². The van der Waals surface area contributed by atoms with Crippen LogP contribution >= 0.6 is 0 Å². The molecule has 1 heterocycles. The number of methoxy groups -OCH3 is 3. The normalized spacial score (nSPS) is 17.9. The van der Waals surface area contributed by atoms with Crippen molar-refractivity contribution in [3.05, 3.63) is 53.1 Å². The first-order valence-corrected chi connectivity index (χ1v) is 11.1. The molecule has 1 amide bonds. The molecular weight excluding hydrogens is 436 g/mol. The summed E-state index contributed by atoms with van der Waals surface area (Å²) in [7, 11) is 8.49. The summed E-state index contributed by atoms with van der Waals surface area (Å²) in [6, 6.07) is 9.56. The Kier molecular flexibility index (Phi) is 7.94. The second kappa shape index (κ2) is 10.7. The van der Waals surface area contributed by atoms with Crippen LogP contribution in [0.3, 0.4) is 0 Å². The van der Waals surface area contributed by atoms with Crippen molar-refractivity contribution in [2.75, 3.05) is 48.5 Å². The lowest BCUT2D eigenvalue weighted by atomic mass is 9.85. The summed E-state index contributed by atoms with van der Waals surface area (Å²) in [6.07, 6.45) is 0.665. The van der Waals surface area contributed by atoms with Crippen molar-refractivity contribution in [3.8, 4) is 17.2 Å². The van der Waals surface area contributed by atoms with Gasteiger partial charge in [0.15, 0.2) is 17.3 Å². The molecule has 2 aromatic carbocycles. The van der Waals surface area contributed by atoms with Crippen LogP contribution in [0.1, 0.15) is 33.9 Å². The Labute approximate surface area is 200 Å². The summed E-state index contributed by atoms with van der Waals surface area (Å²) < 4.78 is 16.0. The number of benzene rings is 2. The fourth-order valence-electron chi connectivity index (χ4n) is 4.40. The highest BCUT2D eigenvalue weighted by atomic mass is 16.5. The molecule has 1 aliphatic heterocycles. The van der Waals surface area contributed by atoms with Crippen LogP contribution in [0.2, 0.25) is 0 Å². The molecule has 0 N–H and O–H groups in total. The summed E-state index contributed by atoms with van der Waals surface area (Å²) in [4.78, 5) is 43.6. The van der Waals surface area contributed by atoms with E-state index in [1.807, 2.05) is 19.0 Å². The molecule has 8 nitrogen and oxygen atoms in total. The fourth-order valence-corrected chi connectivity index (χ4v) is 4.40. The van der Waals surface area contributed by atoms with E-state index in [2.05, 4.69) is 0 Å². The van der Waals surface area contributed by atoms with E-state index < -0.39 is 23.7 Å². The molecule has 0 spiro atoms. The molecule has 0 radical (unpaired) electrons. The zero-order chi connectivity index (χ0) is 25.0. The number of ether oxygens (including phenoxy) is 3. The third-order valence-electron chi connectivity index (χ3n) is 6.14. The summed E-state index contributed by atoms with van der Waals surface area (Å²) in [5.41, 5.74) is 1.72. The molecule has 3 rings (SSSR count). The number of rotatable bonds is 10. The first-order chi connectivity index (χ1) is 16.2. The molecule has 0 aliphatic carbocycles. The smallest absolute Gasteiger partial charge is 0.291 e. The molecule has 0 aromatic heterocycles. The monoisotopic (exact) mass is 468 g/mol. The lowest BCUT2D eigenvalue weighted by molar-refractivity contribution is -0.140. The number of ketones is 2. The van der Waals surface area contributed by atoms with Gasteiger partial charge in [-0.1, -0.05) is 6.07 Å². The minimum Gasteiger partial charge on any atom is -0.497 e. The summed E-state index contributed by atoms with van der Waals surface area (Å²) in [5, 5.41) is 0. The van der Waals surface area contributed by atoms with Crippen molar-refractivity contribution in [1.82, 2.24) is 9.80 Å². The molecule has 0 bridgehead atoms. The van der Waals surface area contributed by atoms with Crippen LogP contribution in [0.25, 0.3) is 0 Å². The van der Waals surface area contributed by atoms with Crippen molar-refractivity contribution < 1.29 is 28.6 Å². The van der Waals surface area contributed by atoms with Crippen LogP contribution in [0, 0.1) is 12.8 Å². The van der Waals surface area contributed by atoms with E-state index in [4.69, 9.17) is 14.2 Å². The van der Waals surface area contributed by atoms with Gasteiger partial charge in [-0.15, -0.1) is 0 Å². The Hall–Kier alpha value is -3.39. The SMILES string of the molecule is COc1ccc(C(=O)C2C(=O)C(=O)N(CCCN(C)C)C2c2ccc(OC)c(OC)c2)c(C)c1. The third-order valence-corrected chi connectivity index (χ3v) is 6.14.